The van der Waals surface area contributed by atoms with Crippen LogP contribution in [0.15, 0.2) is 84.9 Å². The van der Waals surface area contributed by atoms with Crippen molar-refractivity contribution in [2.24, 2.45) is 0 Å². The van der Waals surface area contributed by atoms with E-state index in [2.05, 4.69) is 116 Å². The molecular weight excluding hydrogens is 812 g/mol. The predicted octanol–water partition coefficient (Wildman–Crippen LogP) is 7.53. The Balaban J connectivity index is 1.07. The number of aromatic nitrogens is 2. The van der Waals surface area contributed by atoms with Crippen LogP contribution in [-0.2, 0) is 22.1 Å². The van der Waals surface area contributed by atoms with Crippen molar-refractivity contribution >= 4 is 70.4 Å². The second-order valence-electron chi connectivity index (χ2n) is 18.6. The van der Waals surface area contributed by atoms with E-state index >= 15 is 0 Å². The van der Waals surface area contributed by atoms with Crippen molar-refractivity contribution in [3.05, 3.63) is 111 Å². The number of likely N-dealkylation sites (tertiary alicyclic amines) is 1. The third-order valence-corrected chi connectivity index (χ3v) is 17.9. The minimum Gasteiger partial charge on any atom is -0.444 e. The number of piperidine rings is 1. The summed E-state index contributed by atoms with van der Waals surface area (Å²) in [6.45, 7) is 19.3. The number of hydrogen-bond acceptors (Lipinski definition) is 8. The van der Waals surface area contributed by atoms with Crippen molar-refractivity contribution in [3.8, 4) is 0 Å². The van der Waals surface area contributed by atoms with Gasteiger partial charge < -0.3 is 29.7 Å². The van der Waals surface area contributed by atoms with Crippen LogP contribution in [0, 0.1) is 0 Å². The van der Waals surface area contributed by atoms with E-state index in [1.807, 2.05) is 26.8 Å². The molecule has 3 amide bonds. The summed E-state index contributed by atoms with van der Waals surface area (Å²) >= 11 is 7.59. The number of aromatic amines is 1. The van der Waals surface area contributed by atoms with Gasteiger partial charge in [0.05, 0.1) is 24.4 Å². The van der Waals surface area contributed by atoms with Crippen LogP contribution in [0.25, 0.3) is 10.9 Å². The van der Waals surface area contributed by atoms with Gasteiger partial charge in [0.25, 0.3) is 20.1 Å². The maximum absolute atomic E-state index is 14.1. The second kappa shape index (κ2) is 17.1. The van der Waals surface area contributed by atoms with E-state index in [1.165, 1.54) is 21.7 Å². The van der Waals surface area contributed by atoms with Crippen LogP contribution in [0.3, 0.4) is 0 Å². The largest absolute Gasteiger partial charge is 0.444 e. The molecule has 1 saturated heterocycles. The van der Waals surface area contributed by atoms with Gasteiger partial charge in [0, 0.05) is 58.9 Å². The van der Waals surface area contributed by atoms with Crippen molar-refractivity contribution in [2.75, 3.05) is 26.2 Å². The Morgan fingerprint density at radius 3 is 2.15 bits per heavy atom. The Kier molecular flexibility index (Phi) is 12.4. The van der Waals surface area contributed by atoms with Gasteiger partial charge >= 0.3 is 6.09 Å². The number of amides is 3. The summed E-state index contributed by atoms with van der Waals surface area (Å²) in [7, 11) is -2.75. The van der Waals surface area contributed by atoms with Crippen molar-refractivity contribution in [1.29, 1.82) is 0 Å². The first-order valence-electron chi connectivity index (χ1n) is 20.7. The van der Waals surface area contributed by atoms with Crippen LogP contribution in [0.2, 0.25) is 10.1 Å². The molecule has 60 heavy (non-hydrogen) atoms. The molecule has 3 aromatic carbocycles. The van der Waals surface area contributed by atoms with Crippen LogP contribution in [-0.4, -0.2) is 95.5 Å². The number of nitrogens with one attached hydrogen (secondary N) is 3. The molecule has 3 N–H and O–H groups in total. The van der Waals surface area contributed by atoms with E-state index < -0.39 is 32.1 Å². The number of benzene rings is 3. The van der Waals surface area contributed by atoms with Crippen LogP contribution < -0.4 is 21.0 Å². The third kappa shape index (κ3) is 9.35. The quantitative estimate of drug-likeness (QED) is 0.124. The molecule has 0 saturated carbocycles. The van der Waals surface area contributed by atoms with Gasteiger partial charge in [-0.3, -0.25) is 14.5 Å². The lowest BCUT2D eigenvalue weighted by Crippen LogP contribution is -2.68. The lowest BCUT2D eigenvalue weighted by Gasteiger charge is -2.47. The zero-order valence-electron chi connectivity index (χ0n) is 35.9. The number of halogens is 1. The molecule has 7 rings (SSSR count). The molecule has 2 aromatic heterocycles. The Bertz CT molecular complexity index is 2300. The molecular formula is C46H57ClN6O5SSi. The number of rotatable bonds is 10. The fraction of sp³-hybridized carbons (Fsp3) is 0.435. The molecule has 14 heteroatoms. The number of hydrogen-bond donors (Lipinski definition) is 3. The summed E-state index contributed by atoms with van der Waals surface area (Å²) in [5.74, 6) is -0.658. The lowest BCUT2D eigenvalue weighted by molar-refractivity contribution is 0.0161. The van der Waals surface area contributed by atoms with Crippen molar-refractivity contribution in [3.63, 3.8) is 0 Å². The fourth-order valence-electron chi connectivity index (χ4n) is 8.41. The van der Waals surface area contributed by atoms with Crippen LogP contribution in [0.4, 0.5) is 4.79 Å². The Morgan fingerprint density at radius 2 is 1.52 bits per heavy atom. The number of fused-ring (bicyclic) bond motifs is 2. The lowest BCUT2D eigenvalue weighted by atomic mass is 9.99. The van der Waals surface area contributed by atoms with Gasteiger partial charge in [-0.15, -0.1) is 11.3 Å². The maximum atomic E-state index is 14.1. The van der Waals surface area contributed by atoms with E-state index in [4.69, 9.17) is 25.7 Å². The molecule has 2 aliphatic heterocycles. The van der Waals surface area contributed by atoms with E-state index in [1.54, 1.807) is 23.1 Å². The van der Waals surface area contributed by atoms with Gasteiger partial charge in [-0.1, -0.05) is 93.0 Å². The van der Waals surface area contributed by atoms with Gasteiger partial charge in [-0.25, -0.2) is 9.78 Å². The number of ether oxygens (including phenoxy) is 1. The number of nitrogens with zero attached hydrogens (tertiary/aromatic N) is 3. The molecule has 0 radical (unpaired) electrons. The highest BCUT2D eigenvalue weighted by molar-refractivity contribution is 7.13. The Hall–Kier alpha value is -4.53. The molecule has 0 unspecified atom stereocenters. The first-order valence-corrected chi connectivity index (χ1v) is 23.8. The molecule has 4 heterocycles. The third-order valence-electron chi connectivity index (χ3n) is 11.6. The Labute approximate surface area is 363 Å². The molecule has 0 aliphatic carbocycles. The van der Waals surface area contributed by atoms with Crippen LogP contribution in [0.5, 0.6) is 0 Å². The molecule has 0 spiro atoms. The number of H-pyrrole nitrogens is 1. The SMILES string of the molecule is CC(C)(C)OC(=O)N1CC[C@H](NC(=O)c2cc3cc(Cl)ccc3[nH]2)[C@H](NC(=O)c2nc3c(s2)CN(C(C)(C)CO[Si](c2ccccc2)(c2ccccc2)C(C)(C)C)CC3)C1. The first kappa shape index (κ1) is 43.6. The van der Waals surface area contributed by atoms with Gasteiger partial charge in [-0.2, -0.15) is 0 Å². The van der Waals surface area contributed by atoms with Crippen molar-refractivity contribution in [2.45, 2.75) is 103 Å². The van der Waals surface area contributed by atoms with Crippen molar-refractivity contribution < 1.29 is 23.5 Å². The summed E-state index contributed by atoms with van der Waals surface area (Å²) < 4.78 is 13.1. The topological polar surface area (TPSA) is 129 Å². The highest BCUT2D eigenvalue weighted by Gasteiger charge is 2.51. The molecule has 2 atom stereocenters. The van der Waals surface area contributed by atoms with Crippen molar-refractivity contribution in [1.82, 2.24) is 30.4 Å². The van der Waals surface area contributed by atoms with E-state index in [0.717, 1.165) is 28.0 Å². The number of carbonyl (C=O) groups is 3. The minimum absolute atomic E-state index is 0.143. The summed E-state index contributed by atoms with van der Waals surface area (Å²) in [6.07, 6.45) is 0.646. The highest BCUT2D eigenvalue weighted by atomic mass is 35.5. The minimum atomic E-state index is -2.75. The molecule has 318 valence electrons. The van der Waals surface area contributed by atoms with Gasteiger partial charge in [-0.05, 0) is 80.7 Å². The van der Waals surface area contributed by atoms with E-state index in [0.29, 0.717) is 48.3 Å². The van der Waals surface area contributed by atoms with Gasteiger partial charge in [0.2, 0.25) is 0 Å². The highest BCUT2D eigenvalue weighted by Crippen LogP contribution is 2.38. The fourth-order valence-corrected chi connectivity index (χ4v) is 14.3. The number of thiazole rings is 1. The Morgan fingerprint density at radius 1 is 0.867 bits per heavy atom. The average molecular weight is 870 g/mol. The molecule has 5 aromatic rings. The average Bonchev–Trinajstić information content (AvgIpc) is 3.83. The molecule has 0 bridgehead atoms. The zero-order chi connectivity index (χ0) is 43.0. The van der Waals surface area contributed by atoms with Gasteiger partial charge in [0.15, 0.2) is 5.01 Å². The van der Waals surface area contributed by atoms with Gasteiger partial charge in [0.1, 0.15) is 11.3 Å². The second-order valence-corrected chi connectivity index (χ2v) is 24.4. The number of carbonyl (C=O) groups excluding carboxylic acids is 3. The summed E-state index contributed by atoms with van der Waals surface area (Å²) in [5, 5.41) is 10.4. The molecule has 11 nitrogen and oxygen atoms in total. The van der Waals surface area contributed by atoms with E-state index in [-0.39, 0.29) is 28.9 Å². The summed E-state index contributed by atoms with van der Waals surface area (Å²) in [5.41, 5.74) is 1.08. The summed E-state index contributed by atoms with van der Waals surface area (Å²) in [6, 6.07) is 27.5. The van der Waals surface area contributed by atoms with Crippen LogP contribution >= 0.6 is 22.9 Å². The monoisotopic (exact) mass is 868 g/mol. The zero-order valence-corrected chi connectivity index (χ0v) is 38.4. The van der Waals surface area contributed by atoms with E-state index in [9.17, 15) is 14.4 Å². The predicted molar refractivity (Wildman–Crippen MR) is 242 cm³/mol. The normalized spacial score (nSPS) is 17.9. The van der Waals surface area contributed by atoms with Crippen LogP contribution in [0.1, 0.15) is 92.7 Å². The maximum Gasteiger partial charge on any atom is 0.410 e. The first-order chi connectivity index (χ1) is 28.3. The standard InChI is InChI=1S/C46H57ClN6O5SSi/c1-44(2,3)58-43(56)52-23-21-35(49-40(54)37-26-30-25-31(47)19-20-34(30)48-37)38(27-52)50-41(55)42-51-36-22-24-53(28-39(36)59-42)46(7,8)29-57-60(45(4,5)6,32-15-11-9-12-16-32)33-17-13-10-14-18-33/h9-20,25-26,35,38,48H,21-24,27-29H2,1-8H3,(H,49,54)(H,50,55)/t35-,38+/m0/s1. The molecule has 1 fully saturated rings. The summed E-state index contributed by atoms with van der Waals surface area (Å²) in [4.78, 5) is 54.0. The molecule has 2 aliphatic rings. The smallest absolute Gasteiger partial charge is 0.410 e.